The lowest BCUT2D eigenvalue weighted by molar-refractivity contribution is -0.134. The van der Waals surface area contributed by atoms with E-state index in [9.17, 15) is 9.59 Å². The minimum absolute atomic E-state index is 0. The third-order valence-electron chi connectivity index (χ3n) is 4.22. The molecule has 0 aliphatic carbocycles. The van der Waals surface area contributed by atoms with Gasteiger partial charge in [0.2, 0.25) is 5.91 Å². The van der Waals surface area contributed by atoms with E-state index < -0.39 is 6.04 Å². The summed E-state index contributed by atoms with van der Waals surface area (Å²) in [6.45, 7) is 7.03. The van der Waals surface area contributed by atoms with Crippen LogP contribution in [0.15, 0.2) is 24.3 Å². The maximum Gasteiger partial charge on any atom is 0.251 e. The van der Waals surface area contributed by atoms with Gasteiger partial charge in [-0.25, -0.2) is 0 Å². The fourth-order valence-corrected chi connectivity index (χ4v) is 2.74. The average molecular weight is 370 g/mol. The number of nitrogens with zero attached hydrogens (tertiary/aromatic N) is 1. The zero-order chi connectivity index (χ0) is 17.5. The number of nitrogens with one attached hydrogen (secondary N) is 2. The van der Waals surface area contributed by atoms with E-state index in [0.717, 1.165) is 26.1 Å². The third-order valence-corrected chi connectivity index (χ3v) is 4.22. The van der Waals surface area contributed by atoms with Crippen molar-refractivity contribution in [1.29, 1.82) is 0 Å². The van der Waals surface area contributed by atoms with E-state index in [1.165, 1.54) is 0 Å². The first kappa shape index (κ1) is 21.3. The minimum atomic E-state index is -0.516. The number of rotatable bonds is 5. The van der Waals surface area contributed by atoms with E-state index in [-0.39, 0.29) is 30.1 Å². The summed E-state index contributed by atoms with van der Waals surface area (Å²) in [5.41, 5.74) is 0.520. The van der Waals surface area contributed by atoms with Crippen molar-refractivity contribution < 1.29 is 14.3 Å². The Balaban J connectivity index is 0.00000312. The molecule has 1 aromatic rings. The Labute approximate surface area is 155 Å². The molecule has 0 aromatic heterocycles. The Kier molecular flexibility index (Phi) is 8.72. The summed E-state index contributed by atoms with van der Waals surface area (Å²) in [4.78, 5) is 27.1. The van der Waals surface area contributed by atoms with Gasteiger partial charge in [-0.1, -0.05) is 13.8 Å². The van der Waals surface area contributed by atoms with Crippen molar-refractivity contribution in [3.05, 3.63) is 29.8 Å². The van der Waals surface area contributed by atoms with E-state index in [1.807, 2.05) is 18.7 Å². The van der Waals surface area contributed by atoms with E-state index in [0.29, 0.717) is 17.9 Å². The van der Waals surface area contributed by atoms with Crippen LogP contribution in [0.25, 0.3) is 0 Å². The van der Waals surface area contributed by atoms with Crippen LogP contribution in [0.3, 0.4) is 0 Å². The molecular formula is C18H28ClN3O3. The topological polar surface area (TPSA) is 70.7 Å². The lowest BCUT2D eigenvalue weighted by atomic mass is 10.0. The van der Waals surface area contributed by atoms with Crippen molar-refractivity contribution in [3.8, 4) is 5.75 Å². The number of carbonyl (C=O) groups is 2. The molecule has 0 radical (unpaired) electrons. The van der Waals surface area contributed by atoms with Gasteiger partial charge in [-0.15, -0.1) is 12.4 Å². The van der Waals surface area contributed by atoms with Gasteiger partial charge < -0.3 is 20.3 Å². The van der Waals surface area contributed by atoms with Gasteiger partial charge in [0.05, 0.1) is 7.11 Å². The molecule has 6 nitrogen and oxygen atoms in total. The second-order valence-electron chi connectivity index (χ2n) is 6.35. The third kappa shape index (κ3) is 5.90. The second-order valence-corrected chi connectivity index (χ2v) is 6.35. The van der Waals surface area contributed by atoms with Gasteiger partial charge in [0.25, 0.3) is 5.91 Å². The lowest BCUT2D eigenvalue weighted by Crippen LogP contribution is -2.52. The number of hydrogen-bond acceptors (Lipinski definition) is 4. The SMILES string of the molecule is COc1ccc(C(=O)NC(C(=O)N2CCCNCC2)C(C)C)cc1.Cl. The molecule has 1 atom stereocenters. The highest BCUT2D eigenvalue weighted by Gasteiger charge is 2.29. The number of benzene rings is 1. The number of hydrogen-bond donors (Lipinski definition) is 2. The van der Waals surface area contributed by atoms with Gasteiger partial charge in [0.1, 0.15) is 11.8 Å². The molecule has 1 unspecified atom stereocenters. The van der Waals surface area contributed by atoms with E-state index in [1.54, 1.807) is 31.4 Å². The molecule has 7 heteroatoms. The molecule has 1 aromatic carbocycles. The zero-order valence-electron chi connectivity index (χ0n) is 15.1. The number of ether oxygens (including phenoxy) is 1. The van der Waals surface area contributed by atoms with Crippen molar-refractivity contribution in [2.24, 2.45) is 5.92 Å². The second kappa shape index (κ2) is 10.3. The van der Waals surface area contributed by atoms with Crippen LogP contribution >= 0.6 is 12.4 Å². The van der Waals surface area contributed by atoms with E-state index in [4.69, 9.17) is 4.74 Å². The van der Waals surface area contributed by atoms with Crippen LogP contribution in [0.1, 0.15) is 30.6 Å². The Hall–Kier alpha value is -1.79. The van der Waals surface area contributed by atoms with E-state index in [2.05, 4.69) is 10.6 Å². The van der Waals surface area contributed by atoms with Gasteiger partial charge in [-0.3, -0.25) is 9.59 Å². The first-order chi connectivity index (χ1) is 11.5. The molecule has 0 spiro atoms. The molecule has 140 valence electrons. The Morgan fingerprint density at radius 3 is 2.44 bits per heavy atom. The summed E-state index contributed by atoms with van der Waals surface area (Å²) >= 11 is 0. The Morgan fingerprint density at radius 1 is 1.16 bits per heavy atom. The molecule has 2 rings (SSSR count). The van der Waals surface area contributed by atoms with Crippen LogP contribution in [0.5, 0.6) is 5.75 Å². The smallest absolute Gasteiger partial charge is 0.251 e. The Bertz CT molecular complexity index is 555. The van der Waals surface area contributed by atoms with Crippen LogP contribution in [0, 0.1) is 5.92 Å². The fraction of sp³-hybridized carbons (Fsp3) is 0.556. The van der Waals surface area contributed by atoms with Crippen LogP contribution in [-0.4, -0.2) is 56.0 Å². The number of halogens is 1. The largest absolute Gasteiger partial charge is 0.497 e. The summed E-state index contributed by atoms with van der Waals surface area (Å²) in [5, 5.41) is 6.18. The standard InChI is InChI=1S/C18H27N3O3.ClH/c1-13(2)16(18(23)21-11-4-9-19-10-12-21)20-17(22)14-5-7-15(24-3)8-6-14;/h5-8,13,16,19H,4,9-12H2,1-3H3,(H,20,22);1H. The molecular weight excluding hydrogens is 342 g/mol. The molecule has 2 amide bonds. The quantitative estimate of drug-likeness (QED) is 0.828. The van der Waals surface area contributed by atoms with Crippen LogP contribution in [0.4, 0.5) is 0 Å². The predicted octanol–water partition coefficient (Wildman–Crippen LogP) is 1.69. The lowest BCUT2D eigenvalue weighted by Gasteiger charge is -2.28. The average Bonchev–Trinajstić information content (AvgIpc) is 2.88. The summed E-state index contributed by atoms with van der Waals surface area (Å²) in [6.07, 6.45) is 0.934. The highest BCUT2D eigenvalue weighted by molar-refractivity contribution is 5.97. The van der Waals surface area contributed by atoms with Crippen molar-refractivity contribution in [3.63, 3.8) is 0 Å². The van der Waals surface area contributed by atoms with Crippen molar-refractivity contribution in [1.82, 2.24) is 15.5 Å². The van der Waals surface area contributed by atoms with Gasteiger partial charge in [-0.05, 0) is 43.1 Å². The monoisotopic (exact) mass is 369 g/mol. The normalized spacial score (nSPS) is 15.8. The summed E-state index contributed by atoms with van der Waals surface area (Å²) in [5.74, 6) is 0.476. The first-order valence-corrected chi connectivity index (χ1v) is 8.47. The molecule has 1 saturated heterocycles. The molecule has 1 aliphatic rings. The molecule has 1 aliphatic heterocycles. The summed E-state index contributed by atoms with van der Waals surface area (Å²) < 4.78 is 5.10. The summed E-state index contributed by atoms with van der Waals surface area (Å²) in [6, 6.07) is 6.36. The zero-order valence-corrected chi connectivity index (χ0v) is 15.9. The summed E-state index contributed by atoms with van der Waals surface area (Å²) in [7, 11) is 1.58. The minimum Gasteiger partial charge on any atom is -0.497 e. The maximum absolute atomic E-state index is 12.8. The highest BCUT2D eigenvalue weighted by atomic mass is 35.5. The fourth-order valence-electron chi connectivity index (χ4n) is 2.74. The molecule has 2 N–H and O–H groups in total. The molecule has 1 fully saturated rings. The molecule has 1 heterocycles. The van der Waals surface area contributed by atoms with Gasteiger partial charge in [0, 0.05) is 25.2 Å². The number of carbonyl (C=O) groups excluding carboxylic acids is 2. The van der Waals surface area contributed by atoms with E-state index >= 15 is 0 Å². The van der Waals surface area contributed by atoms with Crippen molar-refractivity contribution in [2.45, 2.75) is 26.3 Å². The predicted molar refractivity (Wildman–Crippen MR) is 100 cm³/mol. The van der Waals surface area contributed by atoms with Crippen molar-refractivity contribution >= 4 is 24.2 Å². The van der Waals surface area contributed by atoms with Gasteiger partial charge in [0.15, 0.2) is 0 Å². The van der Waals surface area contributed by atoms with Crippen LogP contribution in [0.2, 0.25) is 0 Å². The van der Waals surface area contributed by atoms with Gasteiger partial charge in [-0.2, -0.15) is 0 Å². The maximum atomic E-state index is 12.8. The highest BCUT2D eigenvalue weighted by Crippen LogP contribution is 2.13. The van der Waals surface area contributed by atoms with Crippen LogP contribution < -0.4 is 15.4 Å². The van der Waals surface area contributed by atoms with Gasteiger partial charge >= 0.3 is 0 Å². The van der Waals surface area contributed by atoms with Crippen molar-refractivity contribution in [2.75, 3.05) is 33.3 Å². The number of amides is 2. The number of methoxy groups -OCH3 is 1. The molecule has 25 heavy (non-hydrogen) atoms. The van der Waals surface area contributed by atoms with Crippen LogP contribution in [-0.2, 0) is 4.79 Å². The molecule has 0 saturated carbocycles. The first-order valence-electron chi connectivity index (χ1n) is 8.47. The molecule has 0 bridgehead atoms. The Morgan fingerprint density at radius 2 is 1.84 bits per heavy atom.